The van der Waals surface area contributed by atoms with Gasteiger partial charge in [0.2, 0.25) is 0 Å². The Labute approximate surface area is 172 Å². The van der Waals surface area contributed by atoms with Crippen LogP contribution in [0.25, 0.3) is 16.7 Å². The maximum Gasteiger partial charge on any atom is 0.338 e. The summed E-state index contributed by atoms with van der Waals surface area (Å²) in [6.07, 6.45) is 3.87. The van der Waals surface area contributed by atoms with Gasteiger partial charge in [-0.05, 0) is 48.4 Å². The molecule has 0 saturated heterocycles. The highest BCUT2D eigenvalue weighted by Gasteiger charge is 2.10. The standard InChI is InChI=1S/C23H19N5O2/c1-16-6-11-22-24-19(14-27(22)12-16)15-30-23(29)18-9-7-17(8-10-18)13-28-21-5-3-2-4-20(21)25-26-28/h2-12,14H,13,15H2,1H3. The smallest absolute Gasteiger partial charge is 0.338 e. The zero-order valence-electron chi connectivity index (χ0n) is 16.4. The van der Waals surface area contributed by atoms with Crippen LogP contribution < -0.4 is 0 Å². The van der Waals surface area contributed by atoms with Crippen LogP contribution >= 0.6 is 0 Å². The molecule has 0 fully saturated rings. The van der Waals surface area contributed by atoms with E-state index in [2.05, 4.69) is 15.3 Å². The predicted octanol–water partition coefficient (Wildman–Crippen LogP) is 3.79. The SMILES string of the molecule is Cc1ccc2nc(COC(=O)c3ccc(Cn4nnc5ccccc54)cc3)cn2c1. The number of benzene rings is 2. The largest absolute Gasteiger partial charge is 0.456 e. The van der Waals surface area contributed by atoms with E-state index in [0.29, 0.717) is 17.8 Å². The molecule has 0 aliphatic heterocycles. The number of nitrogens with zero attached hydrogens (tertiary/aromatic N) is 5. The maximum absolute atomic E-state index is 12.4. The van der Waals surface area contributed by atoms with Crippen molar-refractivity contribution in [3.8, 4) is 0 Å². The second-order valence-electron chi connectivity index (χ2n) is 7.21. The monoisotopic (exact) mass is 397 g/mol. The molecule has 3 heterocycles. The first-order valence-corrected chi connectivity index (χ1v) is 9.64. The van der Waals surface area contributed by atoms with Gasteiger partial charge >= 0.3 is 5.97 Å². The van der Waals surface area contributed by atoms with Crippen molar-refractivity contribution in [3.63, 3.8) is 0 Å². The minimum Gasteiger partial charge on any atom is -0.456 e. The molecule has 0 radical (unpaired) electrons. The van der Waals surface area contributed by atoms with Crippen molar-refractivity contribution in [2.75, 3.05) is 0 Å². The molecular weight excluding hydrogens is 378 g/mol. The van der Waals surface area contributed by atoms with Gasteiger partial charge in [0, 0.05) is 12.4 Å². The molecule has 0 amide bonds. The molecule has 0 N–H and O–H groups in total. The highest BCUT2D eigenvalue weighted by atomic mass is 16.5. The summed E-state index contributed by atoms with van der Waals surface area (Å²) < 4.78 is 9.21. The number of aromatic nitrogens is 5. The molecule has 7 heteroatoms. The number of rotatable bonds is 5. The molecule has 0 spiro atoms. The summed E-state index contributed by atoms with van der Waals surface area (Å²) in [5, 5.41) is 8.37. The molecule has 0 aliphatic carbocycles. The first-order valence-electron chi connectivity index (χ1n) is 9.64. The van der Waals surface area contributed by atoms with Crippen LogP contribution in [0.4, 0.5) is 0 Å². The Morgan fingerprint density at radius 2 is 1.83 bits per heavy atom. The van der Waals surface area contributed by atoms with Crippen molar-refractivity contribution < 1.29 is 9.53 Å². The number of pyridine rings is 1. The van der Waals surface area contributed by atoms with E-state index in [0.717, 1.165) is 27.8 Å². The third kappa shape index (κ3) is 3.53. The van der Waals surface area contributed by atoms with Crippen molar-refractivity contribution in [1.82, 2.24) is 24.4 Å². The van der Waals surface area contributed by atoms with Gasteiger partial charge in [-0.25, -0.2) is 14.5 Å². The lowest BCUT2D eigenvalue weighted by atomic mass is 10.1. The lowest BCUT2D eigenvalue weighted by Gasteiger charge is -2.05. The van der Waals surface area contributed by atoms with Gasteiger partial charge in [-0.3, -0.25) is 0 Å². The van der Waals surface area contributed by atoms with Crippen molar-refractivity contribution in [1.29, 1.82) is 0 Å². The summed E-state index contributed by atoms with van der Waals surface area (Å²) in [6, 6.07) is 19.1. The average Bonchev–Trinajstić information content (AvgIpc) is 3.36. The Morgan fingerprint density at radius 3 is 2.70 bits per heavy atom. The normalized spacial score (nSPS) is 11.2. The van der Waals surface area contributed by atoms with Crippen LogP contribution in [-0.2, 0) is 17.9 Å². The highest BCUT2D eigenvalue weighted by molar-refractivity contribution is 5.89. The molecule has 0 saturated carbocycles. The topological polar surface area (TPSA) is 74.3 Å². The molecule has 2 aromatic carbocycles. The van der Waals surface area contributed by atoms with E-state index in [1.165, 1.54) is 0 Å². The second-order valence-corrected chi connectivity index (χ2v) is 7.21. The fraction of sp³-hybridized carbons (Fsp3) is 0.130. The Hall–Kier alpha value is -4.00. The number of aryl methyl sites for hydroxylation is 1. The van der Waals surface area contributed by atoms with E-state index < -0.39 is 0 Å². The number of carbonyl (C=O) groups excluding carboxylic acids is 1. The molecule has 5 aromatic rings. The lowest BCUT2D eigenvalue weighted by Crippen LogP contribution is -2.06. The minimum absolute atomic E-state index is 0.131. The van der Waals surface area contributed by atoms with E-state index in [1.807, 2.05) is 76.9 Å². The van der Waals surface area contributed by atoms with Crippen molar-refractivity contribution in [2.45, 2.75) is 20.1 Å². The molecule has 30 heavy (non-hydrogen) atoms. The minimum atomic E-state index is -0.374. The number of carbonyl (C=O) groups is 1. The fourth-order valence-electron chi connectivity index (χ4n) is 3.40. The number of hydrogen-bond acceptors (Lipinski definition) is 5. The van der Waals surface area contributed by atoms with E-state index >= 15 is 0 Å². The number of ether oxygens (including phenoxy) is 1. The summed E-state index contributed by atoms with van der Waals surface area (Å²) in [5.41, 5.74) is 6.05. The van der Waals surface area contributed by atoms with E-state index in [1.54, 1.807) is 12.1 Å². The fourth-order valence-corrected chi connectivity index (χ4v) is 3.40. The van der Waals surface area contributed by atoms with Gasteiger partial charge in [0.15, 0.2) is 0 Å². The van der Waals surface area contributed by atoms with Gasteiger partial charge in [0.05, 0.1) is 23.3 Å². The van der Waals surface area contributed by atoms with Crippen LogP contribution in [0.5, 0.6) is 0 Å². The molecule has 7 nitrogen and oxygen atoms in total. The maximum atomic E-state index is 12.4. The zero-order chi connectivity index (χ0) is 20.5. The quantitative estimate of drug-likeness (QED) is 0.422. The van der Waals surface area contributed by atoms with Crippen molar-refractivity contribution in [2.24, 2.45) is 0 Å². The number of fused-ring (bicyclic) bond motifs is 2. The average molecular weight is 397 g/mol. The van der Waals surface area contributed by atoms with Crippen molar-refractivity contribution >= 4 is 22.6 Å². The first-order chi connectivity index (χ1) is 14.7. The number of hydrogen-bond donors (Lipinski definition) is 0. The van der Waals surface area contributed by atoms with Crippen LogP contribution in [0.15, 0.2) is 73.1 Å². The Balaban J connectivity index is 1.24. The van der Waals surface area contributed by atoms with E-state index in [9.17, 15) is 4.79 Å². The predicted molar refractivity (Wildman–Crippen MR) is 112 cm³/mol. The Kier molecular flexibility index (Phi) is 4.48. The van der Waals surface area contributed by atoms with E-state index in [-0.39, 0.29) is 12.6 Å². The van der Waals surface area contributed by atoms with Crippen molar-refractivity contribution in [3.05, 3.63) is 95.4 Å². The van der Waals surface area contributed by atoms with Gasteiger partial charge in [-0.15, -0.1) is 5.10 Å². The summed E-state index contributed by atoms with van der Waals surface area (Å²) >= 11 is 0. The second kappa shape index (κ2) is 7.44. The molecule has 0 bridgehead atoms. The number of para-hydroxylation sites is 1. The molecule has 0 atom stereocenters. The number of imidazole rings is 1. The van der Waals surface area contributed by atoms with Crippen LogP contribution in [0.2, 0.25) is 0 Å². The first kappa shape index (κ1) is 18.1. The Morgan fingerprint density at radius 1 is 1.00 bits per heavy atom. The summed E-state index contributed by atoms with van der Waals surface area (Å²) in [7, 11) is 0. The van der Waals surface area contributed by atoms with Gasteiger partial charge < -0.3 is 9.14 Å². The lowest BCUT2D eigenvalue weighted by molar-refractivity contribution is 0.0468. The summed E-state index contributed by atoms with van der Waals surface area (Å²) in [4.78, 5) is 16.9. The van der Waals surface area contributed by atoms with Crippen LogP contribution in [0.1, 0.15) is 27.2 Å². The van der Waals surface area contributed by atoms with E-state index in [4.69, 9.17) is 4.74 Å². The van der Waals surface area contributed by atoms with Gasteiger partial charge in [-0.2, -0.15) is 0 Å². The third-order valence-electron chi connectivity index (χ3n) is 4.94. The highest BCUT2D eigenvalue weighted by Crippen LogP contribution is 2.14. The molecule has 148 valence electrons. The van der Waals surface area contributed by atoms with Gasteiger partial charge in [0.25, 0.3) is 0 Å². The summed E-state index contributed by atoms with van der Waals surface area (Å²) in [6.45, 7) is 2.73. The third-order valence-corrected chi connectivity index (χ3v) is 4.94. The molecule has 3 aromatic heterocycles. The zero-order valence-corrected chi connectivity index (χ0v) is 16.4. The molecule has 5 rings (SSSR count). The molecule has 0 aliphatic rings. The van der Waals surface area contributed by atoms with Crippen LogP contribution in [-0.4, -0.2) is 30.3 Å². The molecule has 0 unspecified atom stereocenters. The van der Waals surface area contributed by atoms with Gasteiger partial charge in [0.1, 0.15) is 17.8 Å². The van der Waals surface area contributed by atoms with Crippen LogP contribution in [0.3, 0.4) is 0 Å². The van der Waals surface area contributed by atoms with Gasteiger partial charge in [-0.1, -0.05) is 35.5 Å². The Bertz CT molecular complexity index is 1350. The number of esters is 1. The van der Waals surface area contributed by atoms with Crippen LogP contribution in [0, 0.1) is 6.92 Å². The summed E-state index contributed by atoms with van der Waals surface area (Å²) in [5.74, 6) is -0.374. The molecular formula is C23H19N5O2.